The van der Waals surface area contributed by atoms with Gasteiger partial charge in [-0.05, 0) is 45.1 Å². The normalized spacial score (nSPS) is 30.5. The van der Waals surface area contributed by atoms with Crippen LogP contribution in [0.3, 0.4) is 0 Å². The average Bonchev–Trinajstić information content (AvgIpc) is 2.91. The Balaban J connectivity index is 1.93. The van der Waals surface area contributed by atoms with Gasteiger partial charge in [-0.25, -0.2) is 12.7 Å². The van der Waals surface area contributed by atoms with Gasteiger partial charge in [-0.2, -0.15) is 0 Å². The quantitative estimate of drug-likeness (QED) is 0.801. The highest BCUT2D eigenvalue weighted by molar-refractivity contribution is 7.89. The first-order valence-corrected chi connectivity index (χ1v) is 9.46. The topological polar surface area (TPSA) is 58.6 Å². The van der Waals surface area contributed by atoms with Crippen LogP contribution < -0.4 is 5.32 Å². The van der Waals surface area contributed by atoms with Gasteiger partial charge >= 0.3 is 0 Å². The Hall–Kier alpha value is -0.170. The Morgan fingerprint density at radius 3 is 2.80 bits per heavy atom. The fraction of sp³-hybridized carbons (Fsp3) is 1.00. The first-order chi connectivity index (χ1) is 9.53. The second-order valence-electron chi connectivity index (χ2n) is 6.02. The van der Waals surface area contributed by atoms with E-state index in [4.69, 9.17) is 4.74 Å². The van der Waals surface area contributed by atoms with E-state index in [1.165, 1.54) is 0 Å². The Morgan fingerprint density at radius 1 is 1.35 bits per heavy atom. The molecule has 6 heteroatoms. The second kappa shape index (κ2) is 7.20. The van der Waals surface area contributed by atoms with Gasteiger partial charge in [0.15, 0.2) is 0 Å². The lowest BCUT2D eigenvalue weighted by Crippen LogP contribution is -2.48. The highest BCUT2D eigenvalue weighted by Gasteiger charge is 2.33. The molecule has 2 aliphatic rings. The molecule has 5 nitrogen and oxygen atoms in total. The van der Waals surface area contributed by atoms with E-state index in [0.29, 0.717) is 31.7 Å². The molecule has 3 atom stereocenters. The third-order valence-corrected chi connectivity index (χ3v) is 6.38. The predicted octanol–water partition coefficient (Wildman–Crippen LogP) is 1.21. The van der Waals surface area contributed by atoms with Gasteiger partial charge in [0, 0.05) is 25.7 Å². The van der Waals surface area contributed by atoms with Crippen molar-refractivity contribution < 1.29 is 13.2 Å². The Labute approximate surface area is 123 Å². The fourth-order valence-corrected chi connectivity index (χ4v) is 5.01. The van der Waals surface area contributed by atoms with Gasteiger partial charge < -0.3 is 10.1 Å². The fourth-order valence-electron chi connectivity index (χ4n) is 3.24. The molecule has 20 heavy (non-hydrogen) atoms. The van der Waals surface area contributed by atoms with Crippen molar-refractivity contribution in [1.82, 2.24) is 9.62 Å². The molecular weight excluding hydrogens is 276 g/mol. The Kier molecular flexibility index (Phi) is 5.84. The molecule has 2 heterocycles. The molecule has 0 saturated carbocycles. The molecule has 118 valence electrons. The lowest BCUT2D eigenvalue weighted by atomic mass is 9.93. The number of hydrogen-bond acceptors (Lipinski definition) is 4. The number of piperidine rings is 1. The highest BCUT2D eigenvalue weighted by atomic mass is 32.2. The summed E-state index contributed by atoms with van der Waals surface area (Å²) in [6.45, 7) is 7.21. The highest BCUT2D eigenvalue weighted by Crippen LogP contribution is 2.24. The number of hydrogen-bond donors (Lipinski definition) is 1. The summed E-state index contributed by atoms with van der Waals surface area (Å²) in [6, 6.07) is 0.376. The molecule has 3 unspecified atom stereocenters. The van der Waals surface area contributed by atoms with Crippen LogP contribution in [-0.2, 0) is 14.8 Å². The molecule has 0 aromatic heterocycles. The number of ether oxygens (including phenoxy) is 1. The molecule has 2 fully saturated rings. The molecule has 0 aromatic carbocycles. The summed E-state index contributed by atoms with van der Waals surface area (Å²) < 4.78 is 32.2. The Bertz CT molecular complexity index is 393. The molecule has 0 radical (unpaired) electrons. The molecule has 0 amide bonds. The standard InChI is InChI=1S/C14H28N2O3S/c1-3-15-12(2)13-6-4-8-16(10-13)20(17,18)11-14-7-5-9-19-14/h12-15H,3-11H2,1-2H3. The zero-order valence-corrected chi connectivity index (χ0v) is 13.5. The van der Waals surface area contributed by atoms with E-state index in [1.54, 1.807) is 4.31 Å². The summed E-state index contributed by atoms with van der Waals surface area (Å²) in [4.78, 5) is 0. The summed E-state index contributed by atoms with van der Waals surface area (Å²) in [5, 5.41) is 3.41. The molecule has 2 aliphatic heterocycles. The summed E-state index contributed by atoms with van der Waals surface area (Å²) in [6.07, 6.45) is 3.85. The minimum Gasteiger partial charge on any atom is -0.377 e. The van der Waals surface area contributed by atoms with Crippen molar-refractivity contribution in [3.8, 4) is 0 Å². The van der Waals surface area contributed by atoms with Gasteiger partial charge in [0.2, 0.25) is 10.0 Å². The summed E-state index contributed by atoms with van der Waals surface area (Å²) >= 11 is 0. The van der Waals surface area contributed by atoms with Gasteiger partial charge in [0.1, 0.15) is 0 Å². The van der Waals surface area contributed by atoms with Crippen molar-refractivity contribution in [1.29, 1.82) is 0 Å². The minimum atomic E-state index is -3.17. The van der Waals surface area contributed by atoms with Crippen LogP contribution in [0.5, 0.6) is 0 Å². The SMILES string of the molecule is CCNC(C)C1CCCN(S(=O)(=O)CC2CCCO2)C1. The van der Waals surface area contributed by atoms with Gasteiger partial charge in [-0.1, -0.05) is 6.92 Å². The zero-order chi connectivity index (χ0) is 14.6. The monoisotopic (exact) mass is 304 g/mol. The van der Waals surface area contributed by atoms with Crippen LogP contribution >= 0.6 is 0 Å². The lowest BCUT2D eigenvalue weighted by molar-refractivity contribution is 0.125. The van der Waals surface area contributed by atoms with E-state index < -0.39 is 10.0 Å². The van der Waals surface area contributed by atoms with E-state index in [0.717, 1.165) is 32.2 Å². The van der Waals surface area contributed by atoms with Crippen LogP contribution in [0.15, 0.2) is 0 Å². The summed E-state index contributed by atoms with van der Waals surface area (Å²) in [5.74, 6) is 0.581. The maximum Gasteiger partial charge on any atom is 0.216 e. The van der Waals surface area contributed by atoms with Crippen molar-refractivity contribution in [3.63, 3.8) is 0 Å². The largest absolute Gasteiger partial charge is 0.377 e. The second-order valence-corrected chi connectivity index (χ2v) is 8.03. The first kappa shape index (κ1) is 16.2. The van der Waals surface area contributed by atoms with Gasteiger partial charge in [0.05, 0.1) is 11.9 Å². The van der Waals surface area contributed by atoms with Crippen molar-refractivity contribution in [2.75, 3.05) is 32.0 Å². The minimum absolute atomic E-state index is 0.0911. The van der Waals surface area contributed by atoms with Gasteiger partial charge in [-0.3, -0.25) is 0 Å². The Morgan fingerprint density at radius 2 is 2.15 bits per heavy atom. The van der Waals surface area contributed by atoms with Crippen LogP contribution in [0, 0.1) is 5.92 Å². The number of nitrogens with zero attached hydrogens (tertiary/aromatic N) is 1. The molecule has 2 saturated heterocycles. The number of sulfonamides is 1. The first-order valence-electron chi connectivity index (χ1n) is 7.85. The van der Waals surface area contributed by atoms with Crippen molar-refractivity contribution in [3.05, 3.63) is 0 Å². The van der Waals surface area contributed by atoms with E-state index in [1.807, 2.05) is 0 Å². The van der Waals surface area contributed by atoms with Crippen LogP contribution in [-0.4, -0.2) is 56.9 Å². The molecule has 0 bridgehead atoms. The van der Waals surface area contributed by atoms with Crippen molar-refractivity contribution >= 4 is 10.0 Å². The molecular formula is C14H28N2O3S. The van der Waals surface area contributed by atoms with Crippen molar-refractivity contribution in [2.45, 2.75) is 51.7 Å². The van der Waals surface area contributed by atoms with E-state index in [9.17, 15) is 8.42 Å². The van der Waals surface area contributed by atoms with Crippen molar-refractivity contribution in [2.24, 2.45) is 5.92 Å². The maximum absolute atomic E-state index is 12.5. The number of rotatable bonds is 6. The van der Waals surface area contributed by atoms with Gasteiger partial charge in [0.25, 0.3) is 0 Å². The summed E-state index contributed by atoms with van der Waals surface area (Å²) in [5.41, 5.74) is 0. The molecule has 2 rings (SSSR count). The molecule has 0 aromatic rings. The van der Waals surface area contributed by atoms with E-state index in [-0.39, 0.29) is 11.9 Å². The predicted molar refractivity (Wildman–Crippen MR) is 80.2 cm³/mol. The molecule has 1 N–H and O–H groups in total. The van der Waals surface area contributed by atoms with Crippen LogP contribution in [0.1, 0.15) is 39.5 Å². The lowest BCUT2D eigenvalue weighted by Gasteiger charge is -2.35. The van der Waals surface area contributed by atoms with E-state index >= 15 is 0 Å². The zero-order valence-electron chi connectivity index (χ0n) is 12.7. The molecule has 0 spiro atoms. The third kappa shape index (κ3) is 4.16. The van der Waals surface area contributed by atoms with Crippen LogP contribution in [0.2, 0.25) is 0 Å². The molecule has 0 aliphatic carbocycles. The smallest absolute Gasteiger partial charge is 0.216 e. The van der Waals surface area contributed by atoms with E-state index in [2.05, 4.69) is 19.2 Å². The van der Waals surface area contributed by atoms with Crippen LogP contribution in [0.25, 0.3) is 0 Å². The third-order valence-electron chi connectivity index (χ3n) is 4.47. The number of nitrogens with one attached hydrogen (secondary N) is 1. The summed E-state index contributed by atoms with van der Waals surface area (Å²) in [7, 11) is -3.17. The average molecular weight is 304 g/mol. The maximum atomic E-state index is 12.5. The van der Waals surface area contributed by atoms with Crippen LogP contribution in [0.4, 0.5) is 0 Å². The van der Waals surface area contributed by atoms with Gasteiger partial charge in [-0.15, -0.1) is 0 Å².